The van der Waals surface area contributed by atoms with Crippen LogP contribution in [0.4, 0.5) is 4.79 Å². The molecule has 0 radical (unpaired) electrons. The molecule has 0 aromatic heterocycles. The third-order valence-electron chi connectivity index (χ3n) is 2.88. The van der Waals surface area contributed by atoms with Gasteiger partial charge >= 0.3 is 6.09 Å². The lowest BCUT2D eigenvalue weighted by Gasteiger charge is -2.38. The number of ether oxygens (including phenoxy) is 1. The highest BCUT2D eigenvalue weighted by Crippen LogP contribution is 2.23. The number of likely N-dealkylation sites (tertiary alicyclic amines) is 1. The minimum absolute atomic E-state index is 0.138. The monoisotopic (exact) mass is 228 g/mol. The van der Waals surface area contributed by atoms with Crippen molar-refractivity contribution in [3.63, 3.8) is 0 Å². The van der Waals surface area contributed by atoms with Crippen LogP contribution in [0.5, 0.6) is 0 Å². The standard InChI is InChI=1S/C12H24N2O2/c1-9-5-6-14(10(7-9)8-13)11(15)16-12(2,3)4/h9-10H,5-8,13H2,1-4H3/t9-,10-/m0/s1. The number of piperidine rings is 1. The molecule has 4 nitrogen and oxygen atoms in total. The fourth-order valence-electron chi connectivity index (χ4n) is 2.04. The Morgan fingerprint density at radius 1 is 1.50 bits per heavy atom. The Morgan fingerprint density at radius 2 is 2.12 bits per heavy atom. The number of rotatable bonds is 1. The highest BCUT2D eigenvalue weighted by atomic mass is 16.6. The van der Waals surface area contributed by atoms with Crippen molar-refractivity contribution in [1.82, 2.24) is 4.90 Å². The van der Waals surface area contributed by atoms with Gasteiger partial charge in [0.15, 0.2) is 0 Å². The highest BCUT2D eigenvalue weighted by Gasteiger charge is 2.31. The zero-order valence-corrected chi connectivity index (χ0v) is 10.8. The second-order valence-corrected chi connectivity index (χ2v) is 5.69. The zero-order chi connectivity index (χ0) is 12.3. The van der Waals surface area contributed by atoms with E-state index in [1.54, 1.807) is 4.90 Å². The van der Waals surface area contributed by atoms with E-state index in [0.717, 1.165) is 19.4 Å². The SMILES string of the molecule is C[C@H]1CCN(C(=O)OC(C)(C)C)[C@H](CN)C1. The number of hydrogen-bond acceptors (Lipinski definition) is 3. The number of carbonyl (C=O) groups excluding carboxylic acids is 1. The Morgan fingerprint density at radius 3 is 2.62 bits per heavy atom. The second-order valence-electron chi connectivity index (χ2n) is 5.69. The Labute approximate surface area is 98.1 Å². The van der Waals surface area contributed by atoms with Gasteiger partial charge in [0.25, 0.3) is 0 Å². The molecular weight excluding hydrogens is 204 g/mol. The molecule has 0 saturated carbocycles. The van der Waals surface area contributed by atoms with E-state index >= 15 is 0 Å². The lowest BCUT2D eigenvalue weighted by atomic mass is 9.93. The van der Waals surface area contributed by atoms with Gasteiger partial charge in [-0.15, -0.1) is 0 Å². The molecule has 0 aliphatic carbocycles. The minimum atomic E-state index is -0.431. The lowest BCUT2D eigenvalue weighted by molar-refractivity contribution is 0.00675. The van der Waals surface area contributed by atoms with E-state index in [0.29, 0.717) is 12.5 Å². The van der Waals surface area contributed by atoms with E-state index in [9.17, 15) is 4.79 Å². The number of nitrogens with zero attached hydrogens (tertiary/aromatic N) is 1. The number of carbonyl (C=O) groups is 1. The van der Waals surface area contributed by atoms with Crippen LogP contribution in [0.3, 0.4) is 0 Å². The quantitative estimate of drug-likeness (QED) is 0.746. The first kappa shape index (κ1) is 13.3. The molecule has 1 aliphatic heterocycles. The largest absolute Gasteiger partial charge is 0.444 e. The third kappa shape index (κ3) is 3.67. The molecule has 16 heavy (non-hydrogen) atoms. The molecule has 0 unspecified atom stereocenters. The molecule has 1 rings (SSSR count). The van der Waals surface area contributed by atoms with Crippen molar-refractivity contribution in [3.05, 3.63) is 0 Å². The van der Waals surface area contributed by atoms with Crippen LogP contribution in [0.1, 0.15) is 40.5 Å². The summed E-state index contributed by atoms with van der Waals surface area (Å²) < 4.78 is 5.38. The van der Waals surface area contributed by atoms with E-state index in [1.165, 1.54) is 0 Å². The second kappa shape index (κ2) is 5.04. The average molecular weight is 228 g/mol. The molecule has 0 spiro atoms. The van der Waals surface area contributed by atoms with Gasteiger partial charge in [0.2, 0.25) is 0 Å². The molecule has 1 aliphatic rings. The molecule has 0 aromatic rings. The molecule has 1 fully saturated rings. The molecule has 1 saturated heterocycles. The zero-order valence-electron chi connectivity index (χ0n) is 10.8. The summed E-state index contributed by atoms with van der Waals surface area (Å²) in [5.74, 6) is 0.646. The average Bonchev–Trinajstić information content (AvgIpc) is 2.14. The fourth-order valence-corrected chi connectivity index (χ4v) is 2.04. The predicted octanol–water partition coefficient (Wildman–Crippen LogP) is 1.98. The van der Waals surface area contributed by atoms with Crippen molar-refractivity contribution in [1.29, 1.82) is 0 Å². The van der Waals surface area contributed by atoms with Gasteiger partial charge in [0.1, 0.15) is 5.60 Å². The van der Waals surface area contributed by atoms with Crippen LogP contribution in [0.25, 0.3) is 0 Å². The van der Waals surface area contributed by atoms with E-state index in [2.05, 4.69) is 6.92 Å². The summed E-state index contributed by atoms with van der Waals surface area (Å²) in [6.45, 7) is 9.13. The van der Waals surface area contributed by atoms with Crippen LogP contribution >= 0.6 is 0 Å². The first-order chi connectivity index (χ1) is 7.33. The van der Waals surface area contributed by atoms with Gasteiger partial charge < -0.3 is 15.4 Å². The maximum atomic E-state index is 11.9. The van der Waals surface area contributed by atoms with Crippen molar-refractivity contribution in [2.24, 2.45) is 11.7 Å². The molecule has 0 aromatic carbocycles. The summed E-state index contributed by atoms with van der Waals surface area (Å²) in [5, 5.41) is 0. The molecule has 2 N–H and O–H groups in total. The van der Waals surface area contributed by atoms with Crippen LogP contribution in [0.15, 0.2) is 0 Å². The maximum absolute atomic E-state index is 11.9. The van der Waals surface area contributed by atoms with Crippen LogP contribution < -0.4 is 5.73 Å². The summed E-state index contributed by atoms with van der Waals surface area (Å²) in [5.41, 5.74) is 5.28. The molecule has 4 heteroatoms. The first-order valence-corrected chi connectivity index (χ1v) is 6.03. The van der Waals surface area contributed by atoms with E-state index in [-0.39, 0.29) is 12.1 Å². The van der Waals surface area contributed by atoms with Gasteiger partial charge in [-0.25, -0.2) is 4.79 Å². The van der Waals surface area contributed by atoms with Gasteiger partial charge in [-0.05, 0) is 39.5 Å². The summed E-state index contributed by atoms with van der Waals surface area (Å²) in [6.07, 6.45) is 1.79. The molecule has 2 atom stereocenters. The van der Waals surface area contributed by atoms with Gasteiger partial charge in [-0.3, -0.25) is 0 Å². The van der Waals surface area contributed by atoms with Crippen LogP contribution in [0, 0.1) is 5.92 Å². The van der Waals surface area contributed by atoms with Crippen molar-refractivity contribution in [3.8, 4) is 0 Å². The summed E-state index contributed by atoms with van der Waals surface area (Å²) in [6, 6.07) is 0.138. The molecule has 1 amide bonds. The number of hydrogen-bond donors (Lipinski definition) is 1. The van der Waals surface area contributed by atoms with E-state index in [4.69, 9.17) is 10.5 Å². The molecule has 1 heterocycles. The van der Waals surface area contributed by atoms with Crippen LogP contribution in [0.2, 0.25) is 0 Å². The van der Waals surface area contributed by atoms with Gasteiger partial charge in [0, 0.05) is 19.1 Å². The Kier molecular flexibility index (Phi) is 4.19. The number of nitrogens with two attached hydrogens (primary N) is 1. The van der Waals surface area contributed by atoms with E-state index < -0.39 is 5.60 Å². The van der Waals surface area contributed by atoms with Gasteiger partial charge in [0.05, 0.1) is 0 Å². The smallest absolute Gasteiger partial charge is 0.410 e. The molecule has 0 bridgehead atoms. The van der Waals surface area contributed by atoms with Crippen molar-refractivity contribution in [2.45, 2.75) is 52.2 Å². The summed E-state index contributed by atoms with van der Waals surface area (Å²) in [7, 11) is 0. The fraction of sp³-hybridized carbons (Fsp3) is 0.917. The Bertz CT molecular complexity index is 248. The van der Waals surface area contributed by atoms with Crippen molar-refractivity contribution >= 4 is 6.09 Å². The summed E-state index contributed by atoms with van der Waals surface area (Å²) in [4.78, 5) is 13.7. The number of amides is 1. The van der Waals surface area contributed by atoms with Crippen LogP contribution in [-0.2, 0) is 4.74 Å². The summed E-state index contributed by atoms with van der Waals surface area (Å²) >= 11 is 0. The van der Waals surface area contributed by atoms with Crippen molar-refractivity contribution in [2.75, 3.05) is 13.1 Å². The minimum Gasteiger partial charge on any atom is -0.444 e. The lowest BCUT2D eigenvalue weighted by Crippen LogP contribution is -2.50. The van der Waals surface area contributed by atoms with Crippen molar-refractivity contribution < 1.29 is 9.53 Å². The van der Waals surface area contributed by atoms with E-state index in [1.807, 2.05) is 20.8 Å². The van der Waals surface area contributed by atoms with Gasteiger partial charge in [-0.2, -0.15) is 0 Å². The molecular formula is C12H24N2O2. The Hall–Kier alpha value is -0.770. The third-order valence-corrected chi connectivity index (χ3v) is 2.88. The highest BCUT2D eigenvalue weighted by molar-refractivity contribution is 5.68. The predicted molar refractivity (Wildman–Crippen MR) is 64.2 cm³/mol. The van der Waals surface area contributed by atoms with Crippen LogP contribution in [-0.4, -0.2) is 35.7 Å². The first-order valence-electron chi connectivity index (χ1n) is 6.03. The normalized spacial score (nSPS) is 26.7. The Balaban J connectivity index is 2.60. The molecule has 94 valence electrons. The maximum Gasteiger partial charge on any atom is 0.410 e. The topological polar surface area (TPSA) is 55.6 Å². The van der Waals surface area contributed by atoms with Gasteiger partial charge in [-0.1, -0.05) is 6.92 Å².